The van der Waals surface area contributed by atoms with E-state index in [0.717, 1.165) is 5.56 Å². The Morgan fingerprint density at radius 1 is 1.40 bits per heavy atom. The van der Waals surface area contributed by atoms with Gasteiger partial charge in [0.25, 0.3) is 0 Å². The smallest absolute Gasteiger partial charge is 0.315 e. The molecule has 0 fully saturated rings. The van der Waals surface area contributed by atoms with Gasteiger partial charge in [-0.15, -0.1) is 11.3 Å². The van der Waals surface area contributed by atoms with E-state index in [9.17, 15) is 9.90 Å². The van der Waals surface area contributed by atoms with Gasteiger partial charge in [0.2, 0.25) is 0 Å². The number of aliphatic hydroxyl groups is 1. The molecule has 4 nitrogen and oxygen atoms in total. The average Bonchev–Trinajstić information content (AvgIpc) is 2.64. The Labute approximate surface area is 125 Å². The second-order valence-electron chi connectivity index (χ2n) is 6.33. The van der Waals surface area contributed by atoms with Crippen molar-refractivity contribution < 1.29 is 9.90 Å². The molecule has 0 radical (unpaired) electrons. The molecule has 0 aliphatic carbocycles. The Morgan fingerprint density at radius 2 is 2.00 bits per heavy atom. The minimum absolute atomic E-state index is 0.0354. The number of amides is 2. The van der Waals surface area contributed by atoms with Gasteiger partial charge in [0.15, 0.2) is 0 Å². The van der Waals surface area contributed by atoms with Crippen LogP contribution < -0.4 is 10.6 Å². The van der Waals surface area contributed by atoms with E-state index in [4.69, 9.17) is 0 Å². The minimum atomic E-state index is -0.561. The second-order valence-corrected chi connectivity index (χ2v) is 7.79. The van der Waals surface area contributed by atoms with Crippen molar-refractivity contribution in [2.24, 2.45) is 5.41 Å². The van der Waals surface area contributed by atoms with Crippen molar-refractivity contribution in [1.82, 2.24) is 10.6 Å². The van der Waals surface area contributed by atoms with Gasteiger partial charge >= 0.3 is 6.03 Å². The Bertz CT molecular complexity index is 463. The molecule has 2 atom stereocenters. The van der Waals surface area contributed by atoms with Crippen LogP contribution in [0.5, 0.6) is 0 Å². The summed E-state index contributed by atoms with van der Waals surface area (Å²) in [6.45, 7) is 12.2. The van der Waals surface area contributed by atoms with E-state index in [0.29, 0.717) is 0 Å². The van der Waals surface area contributed by atoms with Gasteiger partial charge in [0, 0.05) is 16.3 Å². The van der Waals surface area contributed by atoms with Gasteiger partial charge in [0.1, 0.15) is 0 Å². The van der Waals surface area contributed by atoms with Gasteiger partial charge in [0.05, 0.1) is 12.1 Å². The van der Waals surface area contributed by atoms with Gasteiger partial charge in [-0.05, 0) is 37.8 Å². The van der Waals surface area contributed by atoms with Crippen LogP contribution in [0.2, 0.25) is 0 Å². The van der Waals surface area contributed by atoms with Gasteiger partial charge in [-0.3, -0.25) is 0 Å². The number of carbonyl (C=O) groups excluding carboxylic acids is 1. The molecule has 0 bridgehead atoms. The lowest BCUT2D eigenvalue weighted by molar-refractivity contribution is 0.0649. The van der Waals surface area contributed by atoms with Crippen LogP contribution in [-0.2, 0) is 0 Å². The van der Waals surface area contributed by atoms with Crippen molar-refractivity contribution in [2.45, 2.75) is 53.7 Å². The molecule has 3 N–H and O–H groups in total. The SMILES string of the molecule is Cc1cc(C(C)NC(=O)NCC(O)C(C)(C)C)c(C)s1. The summed E-state index contributed by atoms with van der Waals surface area (Å²) in [6.07, 6.45) is -0.561. The summed E-state index contributed by atoms with van der Waals surface area (Å²) in [7, 11) is 0. The van der Waals surface area contributed by atoms with E-state index in [1.807, 2.05) is 27.7 Å². The lowest BCUT2D eigenvalue weighted by Gasteiger charge is -2.26. The second kappa shape index (κ2) is 6.59. The third kappa shape index (κ3) is 4.80. The van der Waals surface area contributed by atoms with Crippen LogP contribution in [-0.4, -0.2) is 23.8 Å². The molecule has 2 unspecified atom stereocenters. The summed E-state index contributed by atoms with van der Waals surface area (Å²) in [5.41, 5.74) is 0.916. The Balaban J connectivity index is 2.49. The summed E-state index contributed by atoms with van der Waals surface area (Å²) in [5, 5.41) is 15.5. The summed E-state index contributed by atoms with van der Waals surface area (Å²) in [6, 6.07) is 1.82. The number of urea groups is 1. The Hall–Kier alpha value is -1.07. The summed E-state index contributed by atoms with van der Waals surface area (Å²) >= 11 is 1.73. The molecule has 114 valence electrons. The monoisotopic (exact) mass is 298 g/mol. The fraction of sp³-hybridized carbons (Fsp3) is 0.667. The Morgan fingerprint density at radius 3 is 2.45 bits per heavy atom. The largest absolute Gasteiger partial charge is 0.391 e. The number of nitrogens with one attached hydrogen (secondary N) is 2. The van der Waals surface area contributed by atoms with E-state index < -0.39 is 6.10 Å². The maximum atomic E-state index is 11.8. The predicted octanol–water partition coefficient (Wildman–Crippen LogP) is 3.13. The highest BCUT2D eigenvalue weighted by Crippen LogP contribution is 2.26. The number of hydrogen-bond acceptors (Lipinski definition) is 3. The highest BCUT2D eigenvalue weighted by Gasteiger charge is 2.22. The van der Waals surface area contributed by atoms with Crippen LogP contribution in [0.3, 0.4) is 0 Å². The third-order valence-electron chi connectivity index (χ3n) is 3.35. The molecule has 1 rings (SSSR count). The fourth-order valence-corrected chi connectivity index (χ4v) is 2.92. The molecule has 0 aliphatic rings. The zero-order chi connectivity index (χ0) is 15.5. The molecule has 5 heteroatoms. The van der Waals surface area contributed by atoms with Gasteiger partial charge in [-0.2, -0.15) is 0 Å². The van der Waals surface area contributed by atoms with Crippen molar-refractivity contribution >= 4 is 17.4 Å². The molecular formula is C15H26N2O2S. The molecule has 2 amide bonds. The van der Waals surface area contributed by atoms with E-state index in [-0.39, 0.29) is 24.0 Å². The first-order valence-corrected chi connectivity index (χ1v) is 7.72. The number of aliphatic hydroxyl groups excluding tert-OH is 1. The quantitative estimate of drug-likeness (QED) is 0.799. The standard InChI is InChI=1S/C15H26N2O2S/c1-9-7-12(11(3)20-9)10(2)17-14(19)16-8-13(18)15(4,5)6/h7,10,13,18H,8H2,1-6H3,(H2,16,17,19). The van der Waals surface area contributed by atoms with E-state index in [1.165, 1.54) is 9.75 Å². The van der Waals surface area contributed by atoms with Crippen LogP contribution in [0.4, 0.5) is 4.79 Å². The third-order valence-corrected chi connectivity index (χ3v) is 4.33. The van der Waals surface area contributed by atoms with Crippen LogP contribution in [0.1, 0.15) is 49.1 Å². The van der Waals surface area contributed by atoms with Gasteiger partial charge in [-0.25, -0.2) is 4.79 Å². The topological polar surface area (TPSA) is 61.4 Å². The highest BCUT2D eigenvalue weighted by molar-refractivity contribution is 7.12. The minimum Gasteiger partial charge on any atom is -0.391 e. The van der Waals surface area contributed by atoms with Gasteiger partial charge < -0.3 is 15.7 Å². The fourth-order valence-electron chi connectivity index (χ4n) is 1.90. The molecule has 0 aliphatic heterocycles. The van der Waals surface area contributed by atoms with Crippen LogP contribution in [0, 0.1) is 19.3 Å². The molecule has 0 saturated carbocycles. The number of thiophene rings is 1. The molecular weight excluding hydrogens is 272 g/mol. The van der Waals surface area contributed by atoms with E-state index in [2.05, 4.69) is 30.5 Å². The first-order valence-electron chi connectivity index (χ1n) is 6.90. The predicted molar refractivity (Wildman–Crippen MR) is 84.2 cm³/mol. The maximum Gasteiger partial charge on any atom is 0.315 e. The van der Waals surface area contributed by atoms with Crippen molar-refractivity contribution in [1.29, 1.82) is 0 Å². The number of hydrogen-bond donors (Lipinski definition) is 3. The lowest BCUT2D eigenvalue weighted by Crippen LogP contribution is -2.44. The lowest BCUT2D eigenvalue weighted by atomic mass is 9.89. The molecule has 1 aromatic heterocycles. The van der Waals surface area contributed by atoms with Gasteiger partial charge in [-0.1, -0.05) is 20.8 Å². The summed E-state index contributed by atoms with van der Waals surface area (Å²) in [4.78, 5) is 14.3. The normalized spacial score (nSPS) is 14.8. The Kier molecular flexibility index (Phi) is 5.59. The molecule has 0 aromatic carbocycles. The zero-order valence-electron chi connectivity index (χ0n) is 13.2. The number of rotatable bonds is 4. The number of carbonyl (C=O) groups is 1. The molecule has 0 spiro atoms. The molecule has 1 heterocycles. The van der Waals surface area contributed by atoms with E-state index in [1.54, 1.807) is 11.3 Å². The van der Waals surface area contributed by atoms with Crippen molar-refractivity contribution in [3.05, 3.63) is 21.4 Å². The average molecular weight is 298 g/mol. The summed E-state index contributed by atoms with van der Waals surface area (Å²) < 4.78 is 0. The summed E-state index contributed by atoms with van der Waals surface area (Å²) in [5.74, 6) is 0. The first-order chi connectivity index (χ1) is 9.11. The zero-order valence-corrected chi connectivity index (χ0v) is 14.0. The van der Waals surface area contributed by atoms with Crippen molar-refractivity contribution in [2.75, 3.05) is 6.54 Å². The molecule has 20 heavy (non-hydrogen) atoms. The number of aryl methyl sites for hydroxylation is 2. The molecule has 0 saturated heterocycles. The van der Waals surface area contributed by atoms with Crippen molar-refractivity contribution in [3.8, 4) is 0 Å². The van der Waals surface area contributed by atoms with Crippen LogP contribution >= 0.6 is 11.3 Å². The van der Waals surface area contributed by atoms with Crippen LogP contribution in [0.25, 0.3) is 0 Å². The molecule has 1 aromatic rings. The first kappa shape index (κ1) is 17.0. The highest BCUT2D eigenvalue weighted by atomic mass is 32.1. The van der Waals surface area contributed by atoms with Crippen molar-refractivity contribution in [3.63, 3.8) is 0 Å². The van der Waals surface area contributed by atoms with Crippen LogP contribution in [0.15, 0.2) is 6.07 Å². The maximum absolute atomic E-state index is 11.8. The van der Waals surface area contributed by atoms with E-state index >= 15 is 0 Å².